The number of piperazine rings is 1. The van der Waals surface area contributed by atoms with Gasteiger partial charge in [0.25, 0.3) is 0 Å². The average molecular weight is 622 g/mol. The summed E-state index contributed by atoms with van der Waals surface area (Å²) in [4.78, 5) is 18.6. The monoisotopic (exact) mass is 621 g/mol. The number of ether oxygens (including phenoxy) is 1. The first-order valence-corrected chi connectivity index (χ1v) is 16.9. The van der Waals surface area contributed by atoms with E-state index in [4.69, 9.17) is 25.4 Å². The van der Waals surface area contributed by atoms with Gasteiger partial charge >= 0.3 is 6.01 Å². The Kier molecular flexibility index (Phi) is 7.32. The summed E-state index contributed by atoms with van der Waals surface area (Å²) in [6.07, 6.45) is 6.62. The largest absolute Gasteiger partial charge is 0.461 e. The Labute approximate surface area is 261 Å². The molecule has 240 valence electrons. The van der Waals surface area contributed by atoms with Crippen molar-refractivity contribution in [2.75, 3.05) is 36.9 Å². The van der Waals surface area contributed by atoms with Gasteiger partial charge in [0.2, 0.25) is 0 Å². The SMILES string of the molecule is CCC1CCCc2cc(N)cc(-c3nc4c5c(nc(OCC67CCCN6CCC7)nc5c3F)N3CC(F)NC(F)[C@H]3CCC4)c21. The second-order valence-corrected chi connectivity index (χ2v) is 13.8. The summed E-state index contributed by atoms with van der Waals surface area (Å²) in [5.74, 6) is 0.0126. The summed E-state index contributed by atoms with van der Waals surface area (Å²) in [5, 5.41) is 2.83. The molecule has 0 bridgehead atoms. The van der Waals surface area contributed by atoms with Crippen molar-refractivity contribution in [2.45, 2.75) is 108 Å². The highest BCUT2D eigenvalue weighted by molar-refractivity contribution is 5.95. The van der Waals surface area contributed by atoms with Crippen LogP contribution in [0.5, 0.6) is 6.01 Å². The molecule has 0 spiro atoms. The fourth-order valence-electron chi connectivity index (χ4n) is 9.04. The third kappa shape index (κ3) is 4.83. The minimum atomic E-state index is -1.60. The molecule has 4 atom stereocenters. The number of aromatic nitrogens is 3. The van der Waals surface area contributed by atoms with Crippen LogP contribution < -0.4 is 20.7 Å². The maximum Gasteiger partial charge on any atom is 0.319 e. The van der Waals surface area contributed by atoms with Crippen molar-refractivity contribution in [1.82, 2.24) is 25.2 Å². The molecule has 1 aliphatic carbocycles. The van der Waals surface area contributed by atoms with Gasteiger partial charge in [0, 0.05) is 11.3 Å². The number of hydrogen-bond donors (Lipinski definition) is 2. The Hall–Kier alpha value is -3.18. The van der Waals surface area contributed by atoms with Crippen LogP contribution in [0.2, 0.25) is 0 Å². The predicted octanol–water partition coefficient (Wildman–Crippen LogP) is 5.96. The van der Waals surface area contributed by atoms with Gasteiger partial charge in [-0.05, 0) is 113 Å². The molecule has 45 heavy (non-hydrogen) atoms. The quantitative estimate of drug-likeness (QED) is 0.267. The van der Waals surface area contributed by atoms with E-state index in [1.807, 2.05) is 12.1 Å². The minimum Gasteiger partial charge on any atom is -0.461 e. The standard InChI is InChI=1S/C34H42F3N7O/c1-2-19-7-3-8-20-15-21(38)16-22(26(19)20)29-28(36)30-27-23(39-29)9-4-10-24-31(37)40-25(35)17-44(24)32(27)42-33(41-30)45-18-34-11-5-13-43(34)14-6-12-34/h15-16,19,24-25,31,40H,2-14,17-18,38H2,1H3/t19?,24-,25?,31?/m1/s1. The molecule has 3 fully saturated rings. The lowest BCUT2D eigenvalue weighted by atomic mass is 9.78. The molecule has 3 N–H and O–H groups in total. The van der Waals surface area contributed by atoms with Crippen LogP contribution >= 0.6 is 0 Å². The molecule has 0 saturated carbocycles. The lowest BCUT2D eigenvalue weighted by Gasteiger charge is -2.42. The summed E-state index contributed by atoms with van der Waals surface area (Å²) in [6.45, 7) is 4.54. The number of rotatable bonds is 5. The van der Waals surface area contributed by atoms with Gasteiger partial charge in [-0.15, -0.1) is 0 Å². The van der Waals surface area contributed by atoms with E-state index in [-0.39, 0.29) is 35.2 Å². The van der Waals surface area contributed by atoms with Crippen LogP contribution in [0.1, 0.15) is 87.4 Å². The van der Waals surface area contributed by atoms with Crippen LogP contribution in [0.25, 0.3) is 22.2 Å². The van der Waals surface area contributed by atoms with Crippen molar-refractivity contribution in [3.63, 3.8) is 0 Å². The molecule has 8 rings (SSSR count). The van der Waals surface area contributed by atoms with E-state index in [0.29, 0.717) is 48.5 Å². The van der Waals surface area contributed by atoms with E-state index < -0.39 is 24.5 Å². The Balaban J connectivity index is 1.32. The number of aryl methyl sites for hydroxylation is 2. The van der Waals surface area contributed by atoms with E-state index in [0.717, 1.165) is 81.1 Å². The van der Waals surface area contributed by atoms with Gasteiger partial charge in [-0.25, -0.2) is 18.2 Å². The molecular weight excluding hydrogens is 579 g/mol. The number of pyridine rings is 1. The zero-order chi connectivity index (χ0) is 30.9. The second kappa shape index (κ2) is 11.3. The molecule has 11 heteroatoms. The molecule has 4 aliphatic heterocycles. The number of hydrogen-bond acceptors (Lipinski definition) is 8. The van der Waals surface area contributed by atoms with Gasteiger partial charge in [-0.1, -0.05) is 6.92 Å². The summed E-state index contributed by atoms with van der Waals surface area (Å²) in [5.41, 5.74) is 10.9. The number of nitrogens with two attached hydrogens (primary N) is 1. The normalized spacial score (nSPS) is 27.5. The number of fused-ring (bicyclic) bond motifs is 4. The molecule has 3 saturated heterocycles. The maximum atomic E-state index is 17.1. The van der Waals surface area contributed by atoms with Gasteiger partial charge in [-0.2, -0.15) is 9.97 Å². The topological polar surface area (TPSA) is 92.4 Å². The number of nitrogen functional groups attached to an aromatic ring is 1. The highest BCUT2D eigenvalue weighted by Gasteiger charge is 2.45. The number of anilines is 2. The predicted molar refractivity (Wildman–Crippen MR) is 168 cm³/mol. The fourth-order valence-corrected chi connectivity index (χ4v) is 9.04. The highest BCUT2D eigenvalue weighted by atomic mass is 19.2. The van der Waals surface area contributed by atoms with Crippen molar-refractivity contribution in [1.29, 1.82) is 0 Å². The smallest absolute Gasteiger partial charge is 0.319 e. The highest BCUT2D eigenvalue weighted by Crippen LogP contribution is 2.45. The summed E-state index contributed by atoms with van der Waals surface area (Å²) in [6, 6.07) is 3.26. The van der Waals surface area contributed by atoms with Crippen molar-refractivity contribution in [3.8, 4) is 17.3 Å². The first kappa shape index (κ1) is 29.2. The molecule has 3 aromatic rings. The van der Waals surface area contributed by atoms with Crippen LogP contribution in [0, 0.1) is 5.82 Å². The van der Waals surface area contributed by atoms with Crippen LogP contribution in [-0.4, -0.2) is 70.3 Å². The van der Waals surface area contributed by atoms with Crippen molar-refractivity contribution >= 4 is 22.4 Å². The Morgan fingerprint density at radius 1 is 1.04 bits per heavy atom. The number of nitrogens with zero attached hydrogens (tertiary/aromatic N) is 5. The molecular formula is C34H42F3N7O. The molecule has 0 amide bonds. The molecule has 5 aliphatic rings. The Bertz CT molecular complexity index is 1630. The molecule has 0 radical (unpaired) electrons. The van der Waals surface area contributed by atoms with E-state index in [1.165, 1.54) is 0 Å². The molecule has 2 aromatic heterocycles. The van der Waals surface area contributed by atoms with Gasteiger partial charge in [0.15, 0.2) is 18.4 Å². The van der Waals surface area contributed by atoms with Gasteiger partial charge < -0.3 is 15.4 Å². The van der Waals surface area contributed by atoms with E-state index in [9.17, 15) is 4.39 Å². The first-order valence-electron chi connectivity index (χ1n) is 16.9. The summed E-state index contributed by atoms with van der Waals surface area (Å²) in [7, 11) is 0. The average Bonchev–Trinajstić information content (AvgIpc) is 3.60. The van der Waals surface area contributed by atoms with Crippen LogP contribution in [0.15, 0.2) is 12.1 Å². The zero-order valence-corrected chi connectivity index (χ0v) is 25.9. The van der Waals surface area contributed by atoms with Crippen LogP contribution in [0.4, 0.5) is 24.7 Å². The Morgan fingerprint density at radius 3 is 2.64 bits per heavy atom. The van der Waals surface area contributed by atoms with Crippen LogP contribution in [-0.2, 0) is 12.8 Å². The van der Waals surface area contributed by atoms with Crippen LogP contribution in [0.3, 0.4) is 0 Å². The number of alkyl halides is 2. The number of halogens is 3. The minimum absolute atomic E-state index is 0.0392. The maximum absolute atomic E-state index is 17.1. The van der Waals surface area contributed by atoms with Gasteiger partial charge in [0.05, 0.1) is 29.2 Å². The lowest BCUT2D eigenvalue weighted by Crippen LogP contribution is -2.60. The molecule has 1 aromatic carbocycles. The Morgan fingerprint density at radius 2 is 1.84 bits per heavy atom. The van der Waals surface area contributed by atoms with E-state index >= 15 is 8.78 Å². The first-order chi connectivity index (χ1) is 21.8. The van der Waals surface area contributed by atoms with E-state index in [2.05, 4.69) is 17.1 Å². The molecule has 6 heterocycles. The van der Waals surface area contributed by atoms with Crippen molar-refractivity contribution in [2.24, 2.45) is 0 Å². The number of benzene rings is 1. The second-order valence-electron chi connectivity index (χ2n) is 13.8. The number of nitrogens with one attached hydrogen (secondary N) is 1. The van der Waals surface area contributed by atoms with Crippen molar-refractivity contribution in [3.05, 3.63) is 34.8 Å². The lowest BCUT2D eigenvalue weighted by molar-refractivity contribution is 0.102. The third-order valence-corrected chi connectivity index (χ3v) is 11.2. The fraction of sp³-hybridized carbons (Fsp3) is 0.618. The van der Waals surface area contributed by atoms with Crippen molar-refractivity contribution < 1.29 is 17.9 Å². The zero-order valence-electron chi connectivity index (χ0n) is 25.9. The van der Waals surface area contributed by atoms with Gasteiger partial charge in [-0.3, -0.25) is 10.2 Å². The van der Waals surface area contributed by atoms with E-state index in [1.54, 1.807) is 4.90 Å². The molecule has 8 nitrogen and oxygen atoms in total. The summed E-state index contributed by atoms with van der Waals surface area (Å²) >= 11 is 0. The van der Waals surface area contributed by atoms with Gasteiger partial charge in [0.1, 0.15) is 23.6 Å². The summed E-state index contributed by atoms with van der Waals surface area (Å²) < 4.78 is 53.6. The third-order valence-electron chi connectivity index (χ3n) is 11.2. The molecule has 3 unspecified atom stereocenters.